The summed E-state index contributed by atoms with van der Waals surface area (Å²) in [6.45, 7) is 2.75. The monoisotopic (exact) mass is 370 g/mol. The Morgan fingerprint density at radius 1 is 1.21 bits per heavy atom. The molecule has 0 radical (unpaired) electrons. The van der Waals surface area contributed by atoms with Crippen molar-refractivity contribution in [1.82, 2.24) is 14.8 Å². The number of hydrogen-bond acceptors (Lipinski definition) is 7. The summed E-state index contributed by atoms with van der Waals surface area (Å²) in [7, 11) is -2.86. The molecule has 2 saturated heterocycles. The molecule has 0 bridgehead atoms. The molecule has 1 N–H and O–H groups in total. The highest BCUT2D eigenvalue weighted by Crippen LogP contribution is 2.27. The van der Waals surface area contributed by atoms with Crippen LogP contribution < -0.4 is 5.32 Å². The van der Waals surface area contributed by atoms with Gasteiger partial charge in [-0.2, -0.15) is 0 Å². The zero-order valence-corrected chi connectivity index (χ0v) is 15.1. The number of piperazine rings is 1. The molecule has 3 fully saturated rings. The lowest BCUT2D eigenvalue weighted by molar-refractivity contribution is 0.0583. The van der Waals surface area contributed by atoms with Crippen molar-refractivity contribution < 1.29 is 13.2 Å². The van der Waals surface area contributed by atoms with Gasteiger partial charge >= 0.3 is 0 Å². The first-order valence-electron chi connectivity index (χ1n) is 8.46. The summed E-state index contributed by atoms with van der Waals surface area (Å²) in [6.07, 6.45) is 3.09. The maximum Gasteiger partial charge on any atom is 0.273 e. The Balaban J connectivity index is 1.32. The lowest BCUT2D eigenvalue weighted by atomic mass is 10.2. The van der Waals surface area contributed by atoms with E-state index < -0.39 is 9.84 Å². The SMILES string of the molecule is O=C(c1csc(NC2CC2)n1)N1CCN(C2CCS(=O)(=O)C2)CC1. The first-order valence-corrected chi connectivity index (χ1v) is 11.2. The molecular weight excluding hydrogens is 348 g/mol. The lowest BCUT2D eigenvalue weighted by Crippen LogP contribution is -2.52. The molecule has 1 unspecified atom stereocenters. The molecule has 0 aromatic carbocycles. The van der Waals surface area contributed by atoms with E-state index in [0.717, 1.165) is 24.6 Å². The van der Waals surface area contributed by atoms with E-state index in [2.05, 4.69) is 15.2 Å². The van der Waals surface area contributed by atoms with Crippen molar-refractivity contribution >= 4 is 32.2 Å². The topological polar surface area (TPSA) is 82.6 Å². The van der Waals surface area contributed by atoms with Crippen LogP contribution in [0.15, 0.2) is 5.38 Å². The highest BCUT2D eigenvalue weighted by atomic mass is 32.2. The number of thiazole rings is 1. The van der Waals surface area contributed by atoms with Crippen LogP contribution in [0.4, 0.5) is 5.13 Å². The molecule has 1 aliphatic carbocycles. The van der Waals surface area contributed by atoms with Gasteiger partial charge in [-0.3, -0.25) is 9.69 Å². The van der Waals surface area contributed by atoms with Crippen molar-refractivity contribution in [2.75, 3.05) is 43.0 Å². The van der Waals surface area contributed by atoms with Gasteiger partial charge in [-0.1, -0.05) is 0 Å². The third-order valence-corrected chi connectivity index (χ3v) is 7.48. The number of aromatic nitrogens is 1. The van der Waals surface area contributed by atoms with Gasteiger partial charge in [-0.15, -0.1) is 11.3 Å². The summed E-state index contributed by atoms with van der Waals surface area (Å²) in [5, 5.41) is 5.97. The van der Waals surface area contributed by atoms with E-state index in [0.29, 0.717) is 30.6 Å². The van der Waals surface area contributed by atoms with Crippen molar-refractivity contribution in [2.45, 2.75) is 31.3 Å². The van der Waals surface area contributed by atoms with Crippen molar-refractivity contribution in [3.05, 3.63) is 11.1 Å². The molecule has 3 aliphatic rings. The normalized spacial score (nSPS) is 27.3. The fraction of sp³-hybridized carbons (Fsp3) is 0.733. The summed E-state index contributed by atoms with van der Waals surface area (Å²) >= 11 is 1.48. The van der Waals surface area contributed by atoms with Crippen LogP contribution in [0.1, 0.15) is 29.8 Å². The lowest BCUT2D eigenvalue weighted by Gasteiger charge is -2.37. The van der Waals surface area contributed by atoms with E-state index in [1.807, 2.05) is 10.3 Å². The third kappa shape index (κ3) is 3.57. The fourth-order valence-electron chi connectivity index (χ4n) is 3.36. The number of rotatable bonds is 4. The minimum absolute atomic E-state index is 0.0196. The Morgan fingerprint density at radius 2 is 1.96 bits per heavy atom. The van der Waals surface area contributed by atoms with Crippen LogP contribution in [-0.2, 0) is 9.84 Å². The van der Waals surface area contributed by atoms with Crippen LogP contribution in [-0.4, -0.2) is 78.9 Å². The minimum Gasteiger partial charge on any atom is -0.359 e. The molecule has 132 valence electrons. The van der Waals surface area contributed by atoms with Gasteiger partial charge in [0.1, 0.15) is 5.69 Å². The average molecular weight is 371 g/mol. The Hall–Kier alpha value is -1.19. The minimum atomic E-state index is -2.86. The molecule has 0 spiro atoms. The van der Waals surface area contributed by atoms with Gasteiger partial charge in [0.2, 0.25) is 0 Å². The van der Waals surface area contributed by atoms with Crippen molar-refractivity contribution in [2.24, 2.45) is 0 Å². The second kappa shape index (κ2) is 6.27. The van der Waals surface area contributed by atoms with E-state index in [1.165, 1.54) is 24.2 Å². The molecule has 1 aromatic rings. The van der Waals surface area contributed by atoms with Crippen LogP contribution >= 0.6 is 11.3 Å². The average Bonchev–Trinajstić information content (AvgIpc) is 3.12. The molecule has 24 heavy (non-hydrogen) atoms. The predicted molar refractivity (Wildman–Crippen MR) is 93.3 cm³/mol. The van der Waals surface area contributed by atoms with Crippen LogP contribution in [0.5, 0.6) is 0 Å². The predicted octanol–water partition coefficient (Wildman–Crippen LogP) is 0.662. The smallest absolute Gasteiger partial charge is 0.273 e. The van der Waals surface area contributed by atoms with E-state index in [9.17, 15) is 13.2 Å². The number of nitrogens with zero attached hydrogens (tertiary/aromatic N) is 3. The zero-order chi connectivity index (χ0) is 16.7. The van der Waals surface area contributed by atoms with Crippen molar-refractivity contribution in [3.63, 3.8) is 0 Å². The second-order valence-electron chi connectivity index (χ2n) is 6.84. The maximum atomic E-state index is 12.6. The van der Waals surface area contributed by atoms with Crippen LogP contribution in [0.25, 0.3) is 0 Å². The molecule has 7 nitrogen and oxygen atoms in total. The molecule has 1 saturated carbocycles. The number of carbonyl (C=O) groups is 1. The van der Waals surface area contributed by atoms with E-state index >= 15 is 0 Å². The van der Waals surface area contributed by atoms with Gasteiger partial charge in [-0.25, -0.2) is 13.4 Å². The summed E-state index contributed by atoms with van der Waals surface area (Å²) in [4.78, 5) is 21.0. The number of amides is 1. The molecule has 9 heteroatoms. The molecule has 4 rings (SSSR count). The molecule has 1 aromatic heterocycles. The first kappa shape index (κ1) is 16.3. The van der Waals surface area contributed by atoms with Gasteiger partial charge in [0, 0.05) is 43.6 Å². The Morgan fingerprint density at radius 3 is 2.58 bits per heavy atom. The molecular formula is C15H22N4O3S2. The summed E-state index contributed by atoms with van der Waals surface area (Å²) in [6, 6.07) is 0.659. The maximum absolute atomic E-state index is 12.6. The van der Waals surface area contributed by atoms with E-state index in [-0.39, 0.29) is 17.7 Å². The Labute approximate surface area is 146 Å². The van der Waals surface area contributed by atoms with Gasteiger partial charge in [0.15, 0.2) is 15.0 Å². The highest BCUT2D eigenvalue weighted by molar-refractivity contribution is 7.91. The highest BCUT2D eigenvalue weighted by Gasteiger charge is 2.34. The number of sulfone groups is 1. The molecule has 3 heterocycles. The molecule has 1 atom stereocenters. The number of carbonyl (C=O) groups excluding carboxylic acids is 1. The number of hydrogen-bond donors (Lipinski definition) is 1. The molecule has 2 aliphatic heterocycles. The van der Waals surface area contributed by atoms with Gasteiger partial charge in [0.05, 0.1) is 11.5 Å². The van der Waals surface area contributed by atoms with Crippen LogP contribution in [0, 0.1) is 0 Å². The van der Waals surface area contributed by atoms with E-state index in [4.69, 9.17) is 0 Å². The van der Waals surface area contributed by atoms with Gasteiger partial charge in [-0.05, 0) is 19.3 Å². The second-order valence-corrected chi connectivity index (χ2v) is 9.93. The number of nitrogens with one attached hydrogen (secondary N) is 1. The van der Waals surface area contributed by atoms with Crippen molar-refractivity contribution in [3.8, 4) is 0 Å². The number of anilines is 1. The van der Waals surface area contributed by atoms with E-state index in [1.54, 1.807) is 0 Å². The Kier molecular flexibility index (Phi) is 4.26. The first-order chi connectivity index (χ1) is 11.5. The van der Waals surface area contributed by atoms with Crippen LogP contribution in [0.3, 0.4) is 0 Å². The summed E-state index contributed by atoms with van der Waals surface area (Å²) < 4.78 is 23.2. The fourth-order valence-corrected chi connectivity index (χ4v) is 5.88. The largest absolute Gasteiger partial charge is 0.359 e. The summed E-state index contributed by atoms with van der Waals surface area (Å²) in [5.74, 6) is 0.545. The quantitative estimate of drug-likeness (QED) is 0.839. The van der Waals surface area contributed by atoms with Gasteiger partial charge in [0.25, 0.3) is 5.91 Å². The standard InChI is InChI=1S/C15H22N4O3S2/c20-14(13-9-23-15(17-13)16-11-1-2-11)19-6-4-18(5-7-19)12-3-8-24(21,22)10-12/h9,11-12H,1-8,10H2,(H,16,17). The summed E-state index contributed by atoms with van der Waals surface area (Å²) in [5.41, 5.74) is 0.514. The van der Waals surface area contributed by atoms with Crippen molar-refractivity contribution in [1.29, 1.82) is 0 Å². The zero-order valence-electron chi connectivity index (χ0n) is 13.5. The van der Waals surface area contributed by atoms with Crippen LogP contribution in [0.2, 0.25) is 0 Å². The third-order valence-electron chi connectivity index (χ3n) is 4.95. The molecule has 1 amide bonds. The Bertz CT molecular complexity index is 721. The van der Waals surface area contributed by atoms with Gasteiger partial charge < -0.3 is 10.2 Å².